The van der Waals surface area contributed by atoms with Crippen molar-refractivity contribution in [1.82, 2.24) is 4.90 Å². The number of halogens is 1. The lowest BCUT2D eigenvalue weighted by atomic mass is 9.89. The molecular formula is C19H23ClN2O3S2. The minimum atomic E-state index is -3.05. The molecule has 3 fully saturated rings. The standard InChI is InChI=1S/C19H23ClN2O3S2/c20-15-9-5-4-8-14(15)10-22-16-11-27(24,25)12-17(16)26-19(22)21-18(23)13-6-2-1-3-7-13/h4-5,8-9,13,16-17H,1-3,6-7,10-12H2/t16-,17-/m1/s1. The summed E-state index contributed by atoms with van der Waals surface area (Å²) in [5.41, 5.74) is 0.919. The molecule has 3 aliphatic rings. The van der Waals surface area contributed by atoms with E-state index >= 15 is 0 Å². The molecule has 0 bridgehead atoms. The van der Waals surface area contributed by atoms with Crippen LogP contribution in [0.1, 0.15) is 37.7 Å². The predicted molar refractivity (Wildman–Crippen MR) is 110 cm³/mol. The number of rotatable bonds is 3. The summed E-state index contributed by atoms with van der Waals surface area (Å²) in [6.07, 6.45) is 5.18. The maximum Gasteiger partial charge on any atom is 0.251 e. The Morgan fingerprint density at radius 1 is 1.19 bits per heavy atom. The average molecular weight is 427 g/mol. The molecular weight excluding hydrogens is 404 g/mol. The third kappa shape index (κ3) is 4.20. The number of thioether (sulfide) groups is 1. The maximum absolute atomic E-state index is 12.7. The van der Waals surface area contributed by atoms with E-state index in [4.69, 9.17) is 11.6 Å². The zero-order chi connectivity index (χ0) is 19.0. The number of hydrogen-bond donors (Lipinski definition) is 0. The van der Waals surface area contributed by atoms with Gasteiger partial charge in [-0.25, -0.2) is 8.42 Å². The van der Waals surface area contributed by atoms with E-state index in [0.29, 0.717) is 16.7 Å². The van der Waals surface area contributed by atoms with Crippen LogP contribution in [0, 0.1) is 5.92 Å². The first-order valence-corrected chi connectivity index (χ1v) is 12.5. The van der Waals surface area contributed by atoms with Crippen molar-refractivity contribution in [2.24, 2.45) is 10.9 Å². The van der Waals surface area contributed by atoms with E-state index in [1.807, 2.05) is 29.2 Å². The Labute approximate surface area is 169 Å². The van der Waals surface area contributed by atoms with Crippen molar-refractivity contribution in [2.75, 3.05) is 11.5 Å². The molecule has 146 valence electrons. The van der Waals surface area contributed by atoms with Crippen LogP contribution in [0.2, 0.25) is 5.02 Å². The number of sulfone groups is 1. The third-order valence-corrected chi connectivity index (χ3v) is 9.25. The molecule has 4 rings (SSSR count). The number of fused-ring (bicyclic) bond motifs is 1. The van der Waals surface area contributed by atoms with Crippen LogP contribution in [-0.4, -0.2) is 47.2 Å². The Hall–Kier alpha value is -1.05. The number of carbonyl (C=O) groups excluding carboxylic acids is 1. The molecule has 8 heteroatoms. The summed E-state index contributed by atoms with van der Waals surface area (Å²) < 4.78 is 24.2. The fourth-order valence-electron chi connectivity index (χ4n) is 4.17. The van der Waals surface area contributed by atoms with Crippen molar-refractivity contribution in [2.45, 2.75) is 49.9 Å². The van der Waals surface area contributed by atoms with E-state index in [9.17, 15) is 13.2 Å². The van der Waals surface area contributed by atoms with Gasteiger partial charge in [-0.05, 0) is 24.5 Å². The largest absolute Gasteiger partial charge is 0.342 e. The minimum Gasteiger partial charge on any atom is -0.342 e. The number of aliphatic imine (C=N–C) groups is 1. The van der Waals surface area contributed by atoms with Crippen LogP contribution >= 0.6 is 23.4 Å². The second kappa shape index (κ2) is 7.76. The molecule has 2 saturated heterocycles. The molecule has 1 aliphatic carbocycles. The lowest BCUT2D eigenvalue weighted by Gasteiger charge is -2.25. The Morgan fingerprint density at radius 2 is 1.93 bits per heavy atom. The highest BCUT2D eigenvalue weighted by molar-refractivity contribution is 8.15. The fraction of sp³-hybridized carbons (Fsp3) is 0.579. The topological polar surface area (TPSA) is 66.8 Å². The van der Waals surface area contributed by atoms with Gasteiger partial charge in [0.25, 0.3) is 5.91 Å². The Kier molecular flexibility index (Phi) is 5.54. The molecule has 0 unspecified atom stereocenters. The van der Waals surface area contributed by atoms with Crippen LogP contribution in [0.15, 0.2) is 29.3 Å². The molecule has 1 aromatic rings. The molecule has 2 aliphatic heterocycles. The molecule has 0 spiro atoms. The van der Waals surface area contributed by atoms with Crippen LogP contribution in [0.25, 0.3) is 0 Å². The first-order chi connectivity index (χ1) is 12.9. The lowest BCUT2D eigenvalue weighted by Crippen LogP contribution is -2.37. The summed E-state index contributed by atoms with van der Waals surface area (Å²) in [4.78, 5) is 19.1. The van der Waals surface area contributed by atoms with Gasteiger partial charge >= 0.3 is 0 Å². The highest BCUT2D eigenvalue weighted by Crippen LogP contribution is 2.40. The van der Waals surface area contributed by atoms with Crippen molar-refractivity contribution in [3.05, 3.63) is 34.9 Å². The predicted octanol–water partition coefficient (Wildman–Crippen LogP) is 3.52. The van der Waals surface area contributed by atoms with Crippen molar-refractivity contribution in [1.29, 1.82) is 0 Å². The Bertz CT molecular complexity index is 865. The van der Waals surface area contributed by atoms with E-state index in [-0.39, 0.29) is 34.6 Å². The minimum absolute atomic E-state index is 0.0122. The molecule has 0 N–H and O–H groups in total. The molecule has 27 heavy (non-hydrogen) atoms. The van der Waals surface area contributed by atoms with Gasteiger partial charge in [0, 0.05) is 22.7 Å². The van der Waals surface area contributed by atoms with Crippen molar-refractivity contribution in [3.8, 4) is 0 Å². The SMILES string of the molecule is O=C(N=C1S[C@@H]2CS(=O)(=O)C[C@H]2N1Cc1ccccc1Cl)C1CCCCC1. The third-order valence-electron chi connectivity index (χ3n) is 5.63. The monoisotopic (exact) mass is 426 g/mol. The zero-order valence-corrected chi connectivity index (χ0v) is 17.4. The maximum atomic E-state index is 12.7. The highest BCUT2D eigenvalue weighted by atomic mass is 35.5. The van der Waals surface area contributed by atoms with E-state index < -0.39 is 9.84 Å². The van der Waals surface area contributed by atoms with Gasteiger partial charge in [-0.3, -0.25) is 4.79 Å². The van der Waals surface area contributed by atoms with Crippen LogP contribution in [0.3, 0.4) is 0 Å². The number of amidine groups is 1. The zero-order valence-electron chi connectivity index (χ0n) is 15.0. The first kappa shape index (κ1) is 19.3. The summed E-state index contributed by atoms with van der Waals surface area (Å²) >= 11 is 7.76. The summed E-state index contributed by atoms with van der Waals surface area (Å²) in [5, 5.41) is 1.25. The normalized spacial score (nSPS) is 29.2. The molecule has 0 aromatic heterocycles. The summed E-state index contributed by atoms with van der Waals surface area (Å²) in [7, 11) is -3.05. The van der Waals surface area contributed by atoms with Gasteiger partial charge in [-0.15, -0.1) is 0 Å². The molecule has 1 aromatic carbocycles. The smallest absolute Gasteiger partial charge is 0.251 e. The first-order valence-electron chi connectivity index (χ1n) is 9.42. The second-order valence-electron chi connectivity index (χ2n) is 7.59. The van der Waals surface area contributed by atoms with Crippen molar-refractivity contribution >= 4 is 44.3 Å². The van der Waals surface area contributed by atoms with Crippen LogP contribution in [0.5, 0.6) is 0 Å². The number of hydrogen-bond acceptors (Lipinski definition) is 4. The van der Waals surface area contributed by atoms with Gasteiger partial charge < -0.3 is 4.90 Å². The van der Waals surface area contributed by atoms with Crippen molar-refractivity contribution in [3.63, 3.8) is 0 Å². The Morgan fingerprint density at radius 3 is 2.67 bits per heavy atom. The lowest BCUT2D eigenvalue weighted by molar-refractivity contribution is -0.122. The number of amides is 1. The van der Waals surface area contributed by atoms with E-state index in [1.165, 1.54) is 18.2 Å². The summed E-state index contributed by atoms with van der Waals surface area (Å²) in [5.74, 6) is 0.228. The van der Waals surface area contributed by atoms with Crippen LogP contribution < -0.4 is 0 Å². The molecule has 2 heterocycles. The number of carbonyl (C=O) groups is 1. The second-order valence-corrected chi connectivity index (χ2v) is 11.4. The van der Waals surface area contributed by atoms with Gasteiger partial charge in [0.15, 0.2) is 15.0 Å². The molecule has 1 saturated carbocycles. The molecule has 5 nitrogen and oxygen atoms in total. The van der Waals surface area contributed by atoms with E-state index in [1.54, 1.807) is 0 Å². The highest BCUT2D eigenvalue weighted by Gasteiger charge is 2.49. The van der Waals surface area contributed by atoms with Gasteiger partial charge in [-0.1, -0.05) is 60.8 Å². The number of benzene rings is 1. The van der Waals surface area contributed by atoms with Gasteiger partial charge in [-0.2, -0.15) is 4.99 Å². The fourth-order valence-corrected chi connectivity index (χ4v) is 8.32. The summed E-state index contributed by atoms with van der Waals surface area (Å²) in [6, 6.07) is 7.40. The van der Waals surface area contributed by atoms with Crippen LogP contribution in [0.4, 0.5) is 0 Å². The Balaban J connectivity index is 1.60. The molecule has 2 atom stereocenters. The van der Waals surface area contributed by atoms with Crippen LogP contribution in [-0.2, 0) is 21.2 Å². The number of nitrogens with zero attached hydrogens (tertiary/aromatic N) is 2. The van der Waals surface area contributed by atoms with Gasteiger partial charge in [0.05, 0.1) is 17.5 Å². The molecule has 1 amide bonds. The summed E-state index contributed by atoms with van der Waals surface area (Å²) in [6.45, 7) is 0.472. The van der Waals surface area contributed by atoms with E-state index in [0.717, 1.165) is 31.2 Å². The van der Waals surface area contributed by atoms with E-state index in [2.05, 4.69) is 4.99 Å². The van der Waals surface area contributed by atoms with Crippen molar-refractivity contribution < 1.29 is 13.2 Å². The average Bonchev–Trinajstić information content (AvgIpc) is 3.10. The quantitative estimate of drug-likeness (QED) is 0.739. The molecule has 0 radical (unpaired) electrons. The van der Waals surface area contributed by atoms with Gasteiger partial charge in [0.2, 0.25) is 0 Å². The van der Waals surface area contributed by atoms with Gasteiger partial charge in [0.1, 0.15) is 0 Å².